The summed E-state index contributed by atoms with van der Waals surface area (Å²) in [5, 5.41) is 8.68. The first-order chi connectivity index (χ1) is 13.5. The van der Waals surface area contributed by atoms with Gasteiger partial charge in [-0.2, -0.15) is 13.2 Å². The molecule has 11 heteroatoms. The summed E-state index contributed by atoms with van der Waals surface area (Å²) in [5.41, 5.74) is -0.0454. The van der Waals surface area contributed by atoms with Crippen LogP contribution in [0.1, 0.15) is 33.3 Å². The predicted octanol–water partition coefficient (Wildman–Crippen LogP) is 3.83. The lowest BCUT2D eigenvalue weighted by Crippen LogP contribution is -2.42. The number of benzene rings is 1. The van der Waals surface area contributed by atoms with E-state index < -0.39 is 24.5 Å². The Balaban J connectivity index is 0.00000841. The van der Waals surface area contributed by atoms with E-state index in [2.05, 4.69) is 20.9 Å². The number of alkyl halides is 3. The molecule has 3 N–H and O–H groups in total. The first-order valence-corrected chi connectivity index (χ1v) is 9.26. The molecule has 0 aliphatic rings. The van der Waals surface area contributed by atoms with Crippen LogP contribution >= 0.6 is 24.0 Å². The quantitative estimate of drug-likeness (QED) is 0.200. The number of rotatable bonds is 8. The molecule has 1 rings (SSSR count). The van der Waals surface area contributed by atoms with Gasteiger partial charge in [-0.15, -0.1) is 24.0 Å². The number of halogens is 4. The second-order valence-electron chi connectivity index (χ2n) is 7.06. The van der Waals surface area contributed by atoms with Crippen LogP contribution in [0.4, 0.5) is 18.0 Å². The molecule has 30 heavy (non-hydrogen) atoms. The van der Waals surface area contributed by atoms with Gasteiger partial charge < -0.3 is 25.4 Å². The fraction of sp³-hybridized carbons (Fsp3) is 0.579. The smallest absolute Gasteiger partial charge is 0.422 e. The molecule has 0 unspecified atom stereocenters. The Bertz CT molecular complexity index is 680. The Morgan fingerprint density at radius 2 is 1.70 bits per heavy atom. The van der Waals surface area contributed by atoms with E-state index in [1.54, 1.807) is 39.0 Å². The van der Waals surface area contributed by atoms with Crippen LogP contribution in [-0.4, -0.2) is 50.1 Å². The Kier molecular flexibility index (Phi) is 12.5. The second kappa shape index (κ2) is 13.4. The van der Waals surface area contributed by atoms with Gasteiger partial charge in [-0.25, -0.2) is 9.79 Å². The normalized spacial score (nSPS) is 11.9. The number of nitrogens with one attached hydrogen (secondary N) is 3. The number of hydrogen-bond acceptors (Lipinski definition) is 4. The maximum Gasteiger partial charge on any atom is 0.422 e. The molecular weight excluding hydrogens is 516 g/mol. The standard InChI is InChI=1S/C19H29F3N4O3.HI/c1-5-23-16(24-10-11-25-17(27)29-18(2,3)4)26-12-14-8-6-7-9-15(14)28-13-19(20,21)22;/h6-9H,5,10-13H2,1-4H3,(H,25,27)(H2,23,24,26);1H. The summed E-state index contributed by atoms with van der Waals surface area (Å²) in [6.45, 7) is 7.27. The summed E-state index contributed by atoms with van der Waals surface area (Å²) >= 11 is 0. The highest BCUT2D eigenvalue weighted by Gasteiger charge is 2.28. The molecule has 0 aliphatic carbocycles. The van der Waals surface area contributed by atoms with Crippen LogP contribution in [0.2, 0.25) is 0 Å². The lowest BCUT2D eigenvalue weighted by Gasteiger charge is -2.20. The van der Waals surface area contributed by atoms with E-state index in [4.69, 9.17) is 9.47 Å². The highest BCUT2D eigenvalue weighted by molar-refractivity contribution is 14.0. The van der Waals surface area contributed by atoms with Crippen LogP contribution in [-0.2, 0) is 11.3 Å². The molecule has 0 saturated heterocycles. The number of carbonyl (C=O) groups excluding carboxylic acids is 1. The molecule has 1 amide bonds. The second-order valence-corrected chi connectivity index (χ2v) is 7.06. The number of para-hydroxylation sites is 1. The molecule has 0 bridgehead atoms. The van der Waals surface area contributed by atoms with Gasteiger partial charge in [-0.3, -0.25) is 0 Å². The van der Waals surface area contributed by atoms with E-state index >= 15 is 0 Å². The summed E-state index contributed by atoms with van der Waals surface area (Å²) in [4.78, 5) is 16.0. The van der Waals surface area contributed by atoms with Crippen molar-refractivity contribution in [2.45, 2.75) is 46.0 Å². The fourth-order valence-electron chi connectivity index (χ4n) is 2.10. The molecule has 1 aromatic carbocycles. The summed E-state index contributed by atoms with van der Waals surface area (Å²) < 4.78 is 47.2. The monoisotopic (exact) mass is 546 g/mol. The zero-order valence-corrected chi connectivity index (χ0v) is 19.9. The number of aliphatic imine (C=N–C) groups is 1. The summed E-state index contributed by atoms with van der Waals surface area (Å²) in [6, 6.07) is 6.44. The Morgan fingerprint density at radius 1 is 1.07 bits per heavy atom. The zero-order chi connectivity index (χ0) is 21.9. The molecule has 0 aromatic heterocycles. The van der Waals surface area contributed by atoms with Crippen LogP contribution in [0.25, 0.3) is 0 Å². The van der Waals surface area contributed by atoms with E-state index in [9.17, 15) is 18.0 Å². The molecule has 7 nitrogen and oxygen atoms in total. The van der Waals surface area contributed by atoms with Gasteiger partial charge in [-0.05, 0) is 33.8 Å². The van der Waals surface area contributed by atoms with Gasteiger partial charge in [0, 0.05) is 25.2 Å². The van der Waals surface area contributed by atoms with Crippen LogP contribution in [0.3, 0.4) is 0 Å². The maximum atomic E-state index is 12.4. The number of alkyl carbamates (subject to hydrolysis) is 1. The summed E-state index contributed by atoms with van der Waals surface area (Å²) in [7, 11) is 0. The van der Waals surface area contributed by atoms with Crippen LogP contribution in [0.15, 0.2) is 29.3 Å². The van der Waals surface area contributed by atoms with Crippen LogP contribution in [0.5, 0.6) is 5.75 Å². The first kappa shape index (κ1) is 28.1. The topological polar surface area (TPSA) is 84.0 Å². The van der Waals surface area contributed by atoms with E-state index in [0.29, 0.717) is 31.2 Å². The number of guanidine groups is 1. The van der Waals surface area contributed by atoms with E-state index in [1.165, 1.54) is 6.07 Å². The molecule has 0 heterocycles. The van der Waals surface area contributed by atoms with Crippen molar-refractivity contribution in [3.8, 4) is 5.75 Å². The van der Waals surface area contributed by atoms with Crippen molar-refractivity contribution < 1.29 is 27.4 Å². The molecule has 1 aromatic rings. The molecule has 0 saturated carbocycles. The molecule has 0 atom stereocenters. The van der Waals surface area contributed by atoms with Crippen molar-refractivity contribution in [3.63, 3.8) is 0 Å². The summed E-state index contributed by atoms with van der Waals surface area (Å²) in [6.07, 6.45) is -4.93. The van der Waals surface area contributed by atoms with Crippen molar-refractivity contribution in [1.82, 2.24) is 16.0 Å². The Morgan fingerprint density at radius 3 is 2.30 bits per heavy atom. The minimum absolute atomic E-state index is 0. The van der Waals surface area contributed by atoms with Gasteiger partial charge in [0.25, 0.3) is 0 Å². The lowest BCUT2D eigenvalue weighted by molar-refractivity contribution is -0.153. The lowest BCUT2D eigenvalue weighted by atomic mass is 10.2. The molecule has 0 spiro atoms. The highest BCUT2D eigenvalue weighted by Crippen LogP contribution is 2.22. The SMILES string of the molecule is CCNC(=NCc1ccccc1OCC(F)(F)F)NCCNC(=O)OC(C)(C)C.I. The zero-order valence-electron chi connectivity index (χ0n) is 17.6. The number of amides is 1. The van der Waals surface area contributed by atoms with Crippen molar-refractivity contribution in [2.75, 3.05) is 26.2 Å². The molecular formula is C19H30F3IN4O3. The van der Waals surface area contributed by atoms with Gasteiger partial charge >= 0.3 is 12.3 Å². The van der Waals surface area contributed by atoms with Gasteiger partial charge in [0.2, 0.25) is 0 Å². The summed E-state index contributed by atoms with van der Waals surface area (Å²) in [5.74, 6) is 0.597. The predicted molar refractivity (Wildman–Crippen MR) is 120 cm³/mol. The Hall–Kier alpha value is -1.92. The minimum Gasteiger partial charge on any atom is -0.484 e. The van der Waals surface area contributed by atoms with E-state index in [-0.39, 0.29) is 36.3 Å². The first-order valence-electron chi connectivity index (χ1n) is 9.26. The van der Waals surface area contributed by atoms with E-state index in [1.807, 2.05) is 6.92 Å². The van der Waals surface area contributed by atoms with Crippen molar-refractivity contribution in [1.29, 1.82) is 0 Å². The minimum atomic E-state index is -4.41. The molecule has 0 fully saturated rings. The third kappa shape index (κ3) is 13.3. The van der Waals surface area contributed by atoms with Gasteiger partial charge in [0.15, 0.2) is 12.6 Å². The number of nitrogens with zero attached hydrogens (tertiary/aromatic N) is 1. The number of ether oxygens (including phenoxy) is 2. The van der Waals surface area contributed by atoms with Crippen molar-refractivity contribution in [3.05, 3.63) is 29.8 Å². The van der Waals surface area contributed by atoms with Crippen molar-refractivity contribution in [2.24, 2.45) is 4.99 Å². The largest absolute Gasteiger partial charge is 0.484 e. The third-order valence-electron chi connectivity index (χ3n) is 3.20. The van der Waals surface area contributed by atoms with Gasteiger partial charge in [-0.1, -0.05) is 18.2 Å². The van der Waals surface area contributed by atoms with Gasteiger partial charge in [0.1, 0.15) is 11.4 Å². The van der Waals surface area contributed by atoms with Crippen molar-refractivity contribution >= 4 is 36.0 Å². The highest BCUT2D eigenvalue weighted by atomic mass is 127. The van der Waals surface area contributed by atoms with E-state index in [0.717, 1.165) is 0 Å². The average molecular weight is 546 g/mol. The maximum absolute atomic E-state index is 12.4. The molecule has 0 radical (unpaired) electrons. The van der Waals surface area contributed by atoms with Crippen LogP contribution in [0, 0.1) is 0 Å². The molecule has 172 valence electrons. The fourth-order valence-corrected chi connectivity index (χ4v) is 2.10. The molecule has 0 aliphatic heterocycles. The Labute approximate surface area is 192 Å². The van der Waals surface area contributed by atoms with Gasteiger partial charge in [0.05, 0.1) is 6.54 Å². The third-order valence-corrected chi connectivity index (χ3v) is 3.20. The average Bonchev–Trinajstić information content (AvgIpc) is 2.60. The number of hydrogen-bond donors (Lipinski definition) is 3. The van der Waals surface area contributed by atoms with Crippen LogP contribution < -0.4 is 20.7 Å². The number of carbonyl (C=O) groups is 1.